The fourth-order valence-corrected chi connectivity index (χ4v) is 1.64. The Labute approximate surface area is 75.0 Å². The van der Waals surface area contributed by atoms with Gasteiger partial charge in [0.25, 0.3) is 5.91 Å². The van der Waals surface area contributed by atoms with Gasteiger partial charge in [0.05, 0.1) is 5.03 Å². The normalized spacial score (nSPS) is 16.5. The molecule has 12 heavy (non-hydrogen) atoms. The zero-order chi connectivity index (χ0) is 9.14. The van der Waals surface area contributed by atoms with Gasteiger partial charge in [0.1, 0.15) is 11.6 Å². The fraction of sp³-hybridized carbons (Fsp3) is 0.429. The lowest BCUT2D eigenvalue weighted by Gasteiger charge is -2.05. The molecular weight excluding hydrogens is 174 g/mol. The Morgan fingerprint density at radius 1 is 1.67 bits per heavy atom. The second kappa shape index (κ2) is 3.50. The zero-order valence-electron chi connectivity index (χ0n) is 6.70. The monoisotopic (exact) mass is 183 g/mol. The van der Waals surface area contributed by atoms with Crippen LogP contribution in [-0.4, -0.2) is 30.2 Å². The van der Waals surface area contributed by atoms with Gasteiger partial charge in [-0.3, -0.25) is 4.79 Å². The molecule has 64 valence electrons. The number of primary amides is 1. The van der Waals surface area contributed by atoms with E-state index in [1.54, 1.807) is 0 Å². The van der Waals surface area contributed by atoms with Gasteiger partial charge in [-0.2, -0.15) is 5.26 Å². The van der Waals surface area contributed by atoms with Gasteiger partial charge in [0.2, 0.25) is 0 Å². The van der Waals surface area contributed by atoms with Crippen molar-refractivity contribution in [1.82, 2.24) is 4.90 Å². The first-order valence-corrected chi connectivity index (χ1v) is 4.66. The first-order valence-electron chi connectivity index (χ1n) is 3.43. The number of carbonyl (C=O) groups is 1. The second-order valence-electron chi connectivity index (χ2n) is 2.35. The summed E-state index contributed by atoms with van der Waals surface area (Å²) in [6, 6.07) is 1.82. The highest BCUT2D eigenvalue weighted by Gasteiger charge is 2.25. The Morgan fingerprint density at radius 3 is 2.50 bits per heavy atom. The summed E-state index contributed by atoms with van der Waals surface area (Å²) in [5, 5.41) is 9.33. The number of thioether (sulfide) groups is 1. The predicted molar refractivity (Wildman–Crippen MR) is 46.9 cm³/mol. The number of amides is 1. The fourth-order valence-electron chi connectivity index (χ4n) is 0.851. The van der Waals surface area contributed by atoms with Crippen LogP contribution in [0.5, 0.6) is 0 Å². The summed E-state index contributed by atoms with van der Waals surface area (Å²) < 4.78 is 0. The van der Waals surface area contributed by atoms with Crippen molar-refractivity contribution in [1.29, 1.82) is 5.26 Å². The van der Waals surface area contributed by atoms with Crippen LogP contribution in [0, 0.1) is 11.3 Å². The van der Waals surface area contributed by atoms with E-state index in [0.717, 1.165) is 13.1 Å². The van der Waals surface area contributed by atoms with Crippen molar-refractivity contribution in [3.05, 3.63) is 10.6 Å². The molecule has 5 heteroatoms. The van der Waals surface area contributed by atoms with E-state index in [4.69, 9.17) is 11.0 Å². The summed E-state index contributed by atoms with van der Waals surface area (Å²) in [5.41, 5.74) is 5.10. The highest BCUT2D eigenvalue weighted by molar-refractivity contribution is 8.02. The third-order valence-corrected chi connectivity index (χ3v) is 2.35. The molecule has 0 aromatic rings. The van der Waals surface area contributed by atoms with Crippen molar-refractivity contribution in [2.75, 3.05) is 19.3 Å². The summed E-state index contributed by atoms with van der Waals surface area (Å²) in [6.45, 7) is 1.82. The Balaban J connectivity index is 2.95. The molecule has 0 aliphatic carbocycles. The molecule has 0 aromatic carbocycles. The minimum Gasteiger partial charge on any atom is -0.365 e. The minimum atomic E-state index is -0.645. The van der Waals surface area contributed by atoms with Crippen molar-refractivity contribution in [2.45, 2.75) is 0 Å². The van der Waals surface area contributed by atoms with Crippen LogP contribution >= 0.6 is 11.8 Å². The Bertz CT molecular complexity index is 275. The first kappa shape index (κ1) is 8.94. The second-order valence-corrected chi connectivity index (χ2v) is 3.14. The van der Waals surface area contributed by atoms with Crippen LogP contribution in [0.2, 0.25) is 0 Å². The van der Waals surface area contributed by atoms with Crippen LogP contribution in [0.15, 0.2) is 10.6 Å². The topological polar surface area (TPSA) is 69.9 Å². The number of nitrogens with two attached hydrogens (primary N) is 1. The van der Waals surface area contributed by atoms with Crippen LogP contribution < -0.4 is 5.73 Å². The lowest BCUT2D eigenvalue weighted by molar-refractivity contribution is -0.114. The largest absolute Gasteiger partial charge is 0.365 e. The standard InChI is InChI=1S/C7H9N3OS/c1-12-7(10-2-3-10)5(4-8)6(9)11/h2-3H2,1H3,(H2,9,11)/b7-5-. The summed E-state index contributed by atoms with van der Waals surface area (Å²) in [5.74, 6) is -0.645. The van der Waals surface area contributed by atoms with E-state index in [9.17, 15) is 4.79 Å². The summed E-state index contributed by atoms with van der Waals surface area (Å²) in [4.78, 5) is 12.7. The lowest BCUT2D eigenvalue weighted by atomic mass is 10.3. The molecular formula is C7H9N3OS. The van der Waals surface area contributed by atoms with Gasteiger partial charge in [-0.1, -0.05) is 0 Å². The van der Waals surface area contributed by atoms with Crippen LogP contribution in [0.3, 0.4) is 0 Å². The average molecular weight is 183 g/mol. The van der Waals surface area contributed by atoms with Gasteiger partial charge >= 0.3 is 0 Å². The molecule has 0 spiro atoms. The molecule has 0 saturated carbocycles. The highest BCUT2D eigenvalue weighted by Crippen LogP contribution is 2.26. The lowest BCUT2D eigenvalue weighted by Crippen LogP contribution is -2.16. The molecule has 4 nitrogen and oxygen atoms in total. The van der Waals surface area contributed by atoms with Crippen LogP contribution in [0.4, 0.5) is 0 Å². The molecule has 1 aliphatic rings. The molecule has 0 unspecified atom stereocenters. The SMILES string of the molecule is CS/C(=C(/C#N)C(N)=O)N1CC1. The summed E-state index contributed by atoms with van der Waals surface area (Å²) in [7, 11) is 0. The third kappa shape index (κ3) is 1.71. The molecule has 1 amide bonds. The molecule has 0 aromatic heterocycles. The Kier molecular flexibility index (Phi) is 2.61. The molecule has 0 radical (unpaired) electrons. The smallest absolute Gasteiger partial charge is 0.262 e. The van der Waals surface area contributed by atoms with Crippen LogP contribution in [0.1, 0.15) is 0 Å². The predicted octanol–water partition coefficient (Wildman–Crippen LogP) is -0.115. The number of carbonyl (C=O) groups excluding carboxylic acids is 1. The quantitative estimate of drug-likeness (QED) is 0.376. The molecule has 1 aliphatic heterocycles. The summed E-state index contributed by atoms with van der Waals surface area (Å²) in [6.07, 6.45) is 1.83. The van der Waals surface area contributed by atoms with Gasteiger partial charge in [-0.25, -0.2) is 0 Å². The van der Waals surface area contributed by atoms with Gasteiger partial charge < -0.3 is 10.6 Å². The molecule has 0 atom stereocenters. The van der Waals surface area contributed by atoms with E-state index in [2.05, 4.69) is 0 Å². The van der Waals surface area contributed by atoms with E-state index in [1.807, 2.05) is 17.2 Å². The molecule has 1 heterocycles. The van der Waals surface area contributed by atoms with Gasteiger partial charge in [0, 0.05) is 13.1 Å². The Hall–Kier alpha value is -1.15. The maximum atomic E-state index is 10.8. The van der Waals surface area contributed by atoms with E-state index in [-0.39, 0.29) is 5.57 Å². The number of nitriles is 1. The molecule has 1 saturated heterocycles. The number of nitrogens with zero attached hydrogens (tertiary/aromatic N) is 2. The van der Waals surface area contributed by atoms with Gasteiger partial charge in [-0.05, 0) is 6.26 Å². The van der Waals surface area contributed by atoms with E-state index >= 15 is 0 Å². The highest BCUT2D eigenvalue weighted by atomic mass is 32.2. The van der Waals surface area contributed by atoms with E-state index in [0.29, 0.717) is 5.03 Å². The minimum absolute atomic E-state index is 0.0694. The van der Waals surface area contributed by atoms with Crippen LogP contribution in [0.25, 0.3) is 0 Å². The van der Waals surface area contributed by atoms with Crippen LogP contribution in [-0.2, 0) is 4.79 Å². The molecule has 1 rings (SSSR count). The van der Waals surface area contributed by atoms with Crippen molar-refractivity contribution in [3.63, 3.8) is 0 Å². The number of hydrogen-bond acceptors (Lipinski definition) is 4. The first-order chi connectivity index (χ1) is 5.70. The van der Waals surface area contributed by atoms with E-state index < -0.39 is 5.91 Å². The zero-order valence-corrected chi connectivity index (χ0v) is 7.52. The van der Waals surface area contributed by atoms with Crippen molar-refractivity contribution >= 4 is 17.7 Å². The van der Waals surface area contributed by atoms with Crippen molar-refractivity contribution < 1.29 is 4.79 Å². The average Bonchev–Trinajstić information content (AvgIpc) is 2.81. The molecule has 0 bridgehead atoms. The van der Waals surface area contributed by atoms with Crippen molar-refractivity contribution in [2.24, 2.45) is 5.73 Å². The van der Waals surface area contributed by atoms with E-state index in [1.165, 1.54) is 11.8 Å². The Morgan fingerprint density at radius 2 is 2.25 bits per heavy atom. The van der Waals surface area contributed by atoms with Crippen molar-refractivity contribution in [3.8, 4) is 6.07 Å². The maximum Gasteiger partial charge on any atom is 0.262 e. The third-order valence-electron chi connectivity index (χ3n) is 1.50. The van der Waals surface area contributed by atoms with Gasteiger partial charge in [0.15, 0.2) is 0 Å². The number of rotatable bonds is 3. The molecule has 1 fully saturated rings. The summed E-state index contributed by atoms with van der Waals surface area (Å²) >= 11 is 1.38. The van der Waals surface area contributed by atoms with Gasteiger partial charge in [-0.15, -0.1) is 11.8 Å². The number of hydrogen-bond donors (Lipinski definition) is 1. The molecule has 2 N–H and O–H groups in total. The maximum absolute atomic E-state index is 10.8.